The van der Waals surface area contributed by atoms with E-state index in [0.717, 1.165) is 25.6 Å². The van der Waals surface area contributed by atoms with Crippen molar-refractivity contribution in [2.24, 2.45) is 5.92 Å². The van der Waals surface area contributed by atoms with E-state index in [4.69, 9.17) is 4.74 Å². The summed E-state index contributed by atoms with van der Waals surface area (Å²) in [5, 5.41) is 7.14. The van der Waals surface area contributed by atoms with Crippen LogP contribution in [-0.4, -0.2) is 38.4 Å². The zero-order valence-electron chi connectivity index (χ0n) is 10.5. The van der Waals surface area contributed by atoms with Crippen LogP contribution in [0.25, 0.3) is 0 Å². The fourth-order valence-electron chi connectivity index (χ4n) is 2.79. The van der Waals surface area contributed by atoms with Gasteiger partial charge in [0.25, 0.3) is 0 Å². The number of nitrogens with one attached hydrogen (secondary N) is 2. The Morgan fingerprint density at radius 3 is 3.06 bits per heavy atom. The number of ether oxygens (including phenoxy) is 1. The molecule has 3 atom stereocenters. The second-order valence-corrected chi connectivity index (χ2v) is 5.41. The summed E-state index contributed by atoms with van der Waals surface area (Å²) >= 11 is 0. The Morgan fingerprint density at radius 1 is 1.38 bits per heavy atom. The first kappa shape index (κ1) is 12.3. The van der Waals surface area contributed by atoms with Crippen molar-refractivity contribution in [1.82, 2.24) is 10.6 Å². The second-order valence-electron chi connectivity index (χ2n) is 5.41. The lowest BCUT2D eigenvalue weighted by Crippen LogP contribution is -2.44. The maximum Gasteiger partial charge on any atom is 0.0588 e. The van der Waals surface area contributed by atoms with E-state index < -0.39 is 0 Å². The summed E-state index contributed by atoms with van der Waals surface area (Å²) in [6.07, 6.45) is 6.90. The Kier molecular flexibility index (Phi) is 5.07. The molecule has 2 rings (SSSR count). The van der Waals surface area contributed by atoms with Gasteiger partial charge in [-0.25, -0.2) is 0 Å². The number of hydrogen-bond acceptors (Lipinski definition) is 3. The lowest BCUT2D eigenvalue weighted by molar-refractivity contribution is 0.104. The van der Waals surface area contributed by atoms with Crippen LogP contribution in [0.3, 0.4) is 0 Å². The number of hydrogen-bond donors (Lipinski definition) is 2. The molecular weight excluding hydrogens is 200 g/mol. The maximum absolute atomic E-state index is 5.61. The van der Waals surface area contributed by atoms with E-state index in [1.54, 1.807) is 0 Å². The zero-order valence-corrected chi connectivity index (χ0v) is 10.5. The van der Waals surface area contributed by atoms with Gasteiger partial charge in [0, 0.05) is 19.2 Å². The third-order valence-corrected chi connectivity index (χ3v) is 3.81. The minimum absolute atomic E-state index is 0.533. The molecule has 0 aromatic rings. The summed E-state index contributed by atoms with van der Waals surface area (Å²) < 4.78 is 5.61. The lowest BCUT2D eigenvalue weighted by atomic mass is 9.94. The molecule has 2 N–H and O–H groups in total. The van der Waals surface area contributed by atoms with Gasteiger partial charge in [-0.05, 0) is 51.1 Å². The van der Waals surface area contributed by atoms with E-state index >= 15 is 0 Å². The van der Waals surface area contributed by atoms with Crippen molar-refractivity contribution in [3.8, 4) is 0 Å². The fourth-order valence-corrected chi connectivity index (χ4v) is 2.79. The molecule has 0 aliphatic carbocycles. The van der Waals surface area contributed by atoms with Crippen LogP contribution in [0, 0.1) is 5.92 Å². The first-order valence-electron chi connectivity index (χ1n) is 6.90. The van der Waals surface area contributed by atoms with Gasteiger partial charge >= 0.3 is 0 Å². The molecule has 16 heavy (non-hydrogen) atoms. The molecule has 0 amide bonds. The molecule has 0 bridgehead atoms. The molecule has 3 heteroatoms. The average Bonchev–Trinajstić information content (AvgIpc) is 2.77. The highest BCUT2D eigenvalue weighted by Gasteiger charge is 2.18. The number of piperidine rings is 1. The van der Waals surface area contributed by atoms with Gasteiger partial charge in [0.1, 0.15) is 0 Å². The van der Waals surface area contributed by atoms with Gasteiger partial charge in [0.2, 0.25) is 0 Å². The van der Waals surface area contributed by atoms with Crippen molar-refractivity contribution in [3.63, 3.8) is 0 Å². The van der Waals surface area contributed by atoms with Gasteiger partial charge in [-0.15, -0.1) is 0 Å². The summed E-state index contributed by atoms with van der Waals surface area (Å²) in [7, 11) is 0. The normalized spacial score (nSPS) is 35.4. The Bertz CT molecular complexity index is 192. The van der Waals surface area contributed by atoms with Crippen LogP contribution >= 0.6 is 0 Å². The minimum Gasteiger partial charge on any atom is -0.378 e. The molecule has 0 radical (unpaired) electrons. The predicted molar refractivity (Wildman–Crippen MR) is 66.6 cm³/mol. The smallest absolute Gasteiger partial charge is 0.0588 e. The first-order valence-corrected chi connectivity index (χ1v) is 6.90. The number of rotatable bonds is 5. The van der Waals surface area contributed by atoms with Crippen LogP contribution in [0.1, 0.15) is 39.0 Å². The van der Waals surface area contributed by atoms with Gasteiger partial charge in [0.05, 0.1) is 6.10 Å². The van der Waals surface area contributed by atoms with Crippen molar-refractivity contribution in [2.45, 2.75) is 51.2 Å². The quantitative estimate of drug-likeness (QED) is 0.698. The molecule has 0 spiro atoms. The molecule has 2 aliphatic heterocycles. The third kappa shape index (κ3) is 4.04. The molecule has 2 saturated heterocycles. The van der Waals surface area contributed by atoms with E-state index in [1.807, 2.05) is 0 Å². The Morgan fingerprint density at radius 2 is 2.31 bits per heavy atom. The summed E-state index contributed by atoms with van der Waals surface area (Å²) in [6.45, 7) is 6.76. The molecule has 2 fully saturated rings. The maximum atomic E-state index is 5.61. The standard InChI is InChI=1S/C13H26N2O/c1-11-4-7-15-12(9-11)10-14-6-5-13-3-2-8-16-13/h11-15H,2-10H2,1H3. The van der Waals surface area contributed by atoms with E-state index in [2.05, 4.69) is 17.6 Å². The molecule has 2 aliphatic rings. The minimum atomic E-state index is 0.533. The van der Waals surface area contributed by atoms with Crippen molar-refractivity contribution in [1.29, 1.82) is 0 Å². The van der Waals surface area contributed by atoms with E-state index in [-0.39, 0.29) is 0 Å². The van der Waals surface area contributed by atoms with Crippen LogP contribution in [-0.2, 0) is 4.74 Å². The summed E-state index contributed by atoms with van der Waals surface area (Å²) in [5.74, 6) is 0.895. The zero-order chi connectivity index (χ0) is 11.2. The molecule has 0 aromatic carbocycles. The van der Waals surface area contributed by atoms with E-state index in [9.17, 15) is 0 Å². The molecule has 3 nitrogen and oxygen atoms in total. The van der Waals surface area contributed by atoms with Crippen molar-refractivity contribution in [2.75, 3.05) is 26.2 Å². The Labute approximate surface area is 99.3 Å². The average molecular weight is 226 g/mol. The highest BCUT2D eigenvalue weighted by atomic mass is 16.5. The van der Waals surface area contributed by atoms with Gasteiger partial charge in [-0.1, -0.05) is 6.92 Å². The van der Waals surface area contributed by atoms with Crippen LogP contribution in [0.4, 0.5) is 0 Å². The summed E-state index contributed by atoms with van der Waals surface area (Å²) in [5.41, 5.74) is 0. The van der Waals surface area contributed by atoms with Crippen molar-refractivity contribution >= 4 is 0 Å². The van der Waals surface area contributed by atoms with E-state index in [0.29, 0.717) is 12.1 Å². The van der Waals surface area contributed by atoms with Gasteiger partial charge in [0.15, 0.2) is 0 Å². The molecule has 94 valence electrons. The fraction of sp³-hybridized carbons (Fsp3) is 1.00. The van der Waals surface area contributed by atoms with Gasteiger partial charge in [-0.3, -0.25) is 0 Å². The second kappa shape index (κ2) is 6.58. The topological polar surface area (TPSA) is 33.3 Å². The van der Waals surface area contributed by atoms with Gasteiger partial charge in [-0.2, -0.15) is 0 Å². The summed E-state index contributed by atoms with van der Waals surface area (Å²) in [4.78, 5) is 0. The molecule has 0 saturated carbocycles. The van der Waals surface area contributed by atoms with Crippen LogP contribution in [0.5, 0.6) is 0 Å². The molecule has 3 unspecified atom stereocenters. The van der Waals surface area contributed by atoms with Crippen molar-refractivity contribution in [3.05, 3.63) is 0 Å². The summed E-state index contributed by atoms with van der Waals surface area (Å²) in [6, 6.07) is 0.688. The highest BCUT2D eigenvalue weighted by molar-refractivity contribution is 4.78. The Balaban J connectivity index is 1.50. The lowest BCUT2D eigenvalue weighted by Gasteiger charge is -2.28. The van der Waals surface area contributed by atoms with Gasteiger partial charge < -0.3 is 15.4 Å². The Hall–Kier alpha value is -0.120. The third-order valence-electron chi connectivity index (χ3n) is 3.81. The largest absolute Gasteiger partial charge is 0.378 e. The van der Waals surface area contributed by atoms with E-state index in [1.165, 1.54) is 38.6 Å². The highest BCUT2D eigenvalue weighted by Crippen LogP contribution is 2.15. The molecule has 2 heterocycles. The van der Waals surface area contributed by atoms with Crippen LogP contribution in [0.15, 0.2) is 0 Å². The predicted octanol–water partition coefficient (Wildman–Crippen LogP) is 1.53. The first-order chi connectivity index (χ1) is 7.84. The van der Waals surface area contributed by atoms with Crippen LogP contribution < -0.4 is 10.6 Å². The van der Waals surface area contributed by atoms with Crippen LogP contribution in [0.2, 0.25) is 0 Å². The van der Waals surface area contributed by atoms with Crippen molar-refractivity contribution < 1.29 is 4.74 Å². The monoisotopic (exact) mass is 226 g/mol. The molecule has 0 aromatic heterocycles. The molecular formula is C13H26N2O. The SMILES string of the molecule is CC1CCNC(CNCCC2CCCO2)C1.